The molecule has 0 aliphatic rings. The monoisotopic (exact) mass is 340 g/mol. The second kappa shape index (κ2) is 6.81. The lowest BCUT2D eigenvalue weighted by atomic mass is 10.2. The molecule has 0 radical (unpaired) electrons. The molecule has 4 nitrogen and oxygen atoms in total. The number of benzene rings is 2. The van der Waals surface area contributed by atoms with Crippen LogP contribution in [0.25, 0.3) is 0 Å². The molecule has 0 saturated carbocycles. The van der Waals surface area contributed by atoms with Gasteiger partial charge in [0.05, 0.1) is 6.07 Å². The summed E-state index contributed by atoms with van der Waals surface area (Å²) in [7, 11) is -4.50. The summed E-state index contributed by atoms with van der Waals surface area (Å²) in [6, 6.07) is 11.1. The van der Waals surface area contributed by atoms with Crippen LogP contribution >= 0.6 is 0 Å². The maximum atomic E-state index is 13.8. The van der Waals surface area contributed by atoms with Gasteiger partial charge >= 0.3 is 0 Å². The molecular formula is C15H11F3N2O2S. The Morgan fingerprint density at radius 3 is 2.26 bits per heavy atom. The van der Waals surface area contributed by atoms with Crippen LogP contribution in [0.3, 0.4) is 0 Å². The quantitative estimate of drug-likeness (QED) is 0.621. The third-order valence-electron chi connectivity index (χ3n) is 3.07. The predicted molar refractivity (Wildman–Crippen MR) is 76.0 cm³/mol. The van der Waals surface area contributed by atoms with Gasteiger partial charge in [-0.1, -0.05) is 30.3 Å². The van der Waals surface area contributed by atoms with E-state index < -0.39 is 38.9 Å². The van der Waals surface area contributed by atoms with Crippen molar-refractivity contribution >= 4 is 10.0 Å². The van der Waals surface area contributed by atoms with Gasteiger partial charge < -0.3 is 0 Å². The van der Waals surface area contributed by atoms with Crippen molar-refractivity contribution in [2.75, 3.05) is 6.54 Å². The van der Waals surface area contributed by atoms with Crippen molar-refractivity contribution < 1.29 is 21.6 Å². The highest BCUT2D eigenvalue weighted by Crippen LogP contribution is 2.24. The maximum absolute atomic E-state index is 13.8. The zero-order chi connectivity index (χ0) is 17.0. The molecule has 0 unspecified atom stereocenters. The van der Waals surface area contributed by atoms with E-state index in [0.29, 0.717) is 22.0 Å². The van der Waals surface area contributed by atoms with Crippen molar-refractivity contribution in [1.29, 1.82) is 5.26 Å². The molecule has 23 heavy (non-hydrogen) atoms. The molecule has 0 amide bonds. The summed E-state index contributed by atoms with van der Waals surface area (Å²) >= 11 is 0. The first-order chi connectivity index (χ1) is 10.9. The van der Waals surface area contributed by atoms with E-state index in [1.54, 1.807) is 36.4 Å². The van der Waals surface area contributed by atoms with Crippen molar-refractivity contribution in [3.63, 3.8) is 0 Å². The topological polar surface area (TPSA) is 61.2 Å². The third kappa shape index (κ3) is 3.52. The van der Waals surface area contributed by atoms with Gasteiger partial charge in [0.1, 0.15) is 11.4 Å². The van der Waals surface area contributed by atoms with Crippen molar-refractivity contribution in [2.45, 2.75) is 11.4 Å². The maximum Gasteiger partial charge on any atom is 0.247 e. The lowest BCUT2D eigenvalue weighted by molar-refractivity contribution is 0.414. The van der Waals surface area contributed by atoms with E-state index in [0.717, 1.165) is 0 Å². The van der Waals surface area contributed by atoms with Crippen LogP contribution in [0.15, 0.2) is 47.4 Å². The summed E-state index contributed by atoms with van der Waals surface area (Å²) in [6.45, 7) is -0.759. The number of halogens is 3. The standard InChI is InChI=1S/C15H11F3N2O2S/c16-12-6-7-13(15(18)14(12)17)23(21,22)20(9-8-19)10-11-4-2-1-3-5-11/h1-7H,9-10H2. The second-order valence-corrected chi connectivity index (χ2v) is 6.50. The Balaban J connectivity index is 2.46. The van der Waals surface area contributed by atoms with Crippen LogP contribution in [0, 0.1) is 28.8 Å². The Hall–Kier alpha value is -2.37. The summed E-state index contributed by atoms with van der Waals surface area (Å²) in [6.07, 6.45) is 0. The number of hydrogen-bond acceptors (Lipinski definition) is 3. The van der Waals surface area contributed by atoms with Gasteiger partial charge in [0.15, 0.2) is 17.5 Å². The molecule has 120 valence electrons. The smallest absolute Gasteiger partial charge is 0.207 e. The molecule has 2 aromatic rings. The average Bonchev–Trinajstić information content (AvgIpc) is 2.53. The SMILES string of the molecule is N#CCN(Cc1ccccc1)S(=O)(=O)c1ccc(F)c(F)c1F. The number of hydrogen-bond donors (Lipinski definition) is 0. The minimum absolute atomic E-state index is 0.199. The van der Waals surface area contributed by atoms with Crippen LogP contribution in [0.2, 0.25) is 0 Å². The molecule has 0 spiro atoms. The summed E-state index contributed by atoms with van der Waals surface area (Å²) in [5.74, 6) is -5.17. The lowest BCUT2D eigenvalue weighted by Gasteiger charge is -2.20. The molecule has 0 saturated heterocycles. The van der Waals surface area contributed by atoms with Gasteiger partial charge in [0, 0.05) is 6.54 Å². The fourth-order valence-corrected chi connectivity index (χ4v) is 3.32. The van der Waals surface area contributed by atoms with E-state index in [9.17, 15) is 21.6 Å². The lowest BCUT2D eigenvalue weighted by Crippen LogP contribution is -2.32. The summed E-state index contributed by atoms with van der Waals surface area (Å²) in [5.41, 5.74) is 0.564. The molecule has 0 aliphatic heterocycles. The van der Waals surface area contributed by atoms with Gasteiger partial charge in [-0.15, -0.1) is 0 Å². The predicted octanol–water partition coefficient (Wildman–Crippen LogP) is 2.82. The molecule has 8 heteroatoms. The first kappa shape index (κ1) is 17.0. The van der Waals surface area contributed by atoms with E-state index in [-0.39, 0.29) is 6.54 Å². The molecule has 0 heterocycles. The van der Waals surface area contributed by atoms with Crippen LogP contribution in [-0.4, -0.2) is 19.3 Å². The molecule has 0 atom stereocenters. The van der Waals surface area contributed by atoms with Gasteiger partial charge in [-0.2, -0.15) is 9.57 Å². The zero-order valence-electron chi connectivity index (χ0n) is 11.7. The molecule has 0 aliphatic carbocycles. The number of nitriles is 1. The number of nitrogens with zero attached hydrogens (tertiary/aromatic N) is 2. The molecule has 0 bridgehead atoms. The zero-order valence-corrected chi connectivity index (χ0v) is 12.5. The van der Waals surface area contributed by atoms with Crippen LogP contribution in [0.4, 0.5) is 13.2 Å². The Labute approximate surface area is 131 Å². The van der Waals surface area contributed by atoms with Crippen LogP contribution in [0.5, 0.6) is 0 Å². The molecule has 0 aromatic heterocycles. The van der Waals surface area contributed by atoms with E-state index in [1.807, 2.05) is 0 Å². The van der Waals surface area contributed by atoms with E-state index >= 15 is 0 Å². The van der Waals surface area contributed by atoms with Gasteiger partial charge in [0.25, 0.3) is 0 Å². The van der Waals surface area contributed by atoms with Crippen LogP contribution in [0.1, 0.15) is 5.56 Å². The number of sulfonamides is 1. The Bertz CT molecular complexity index is 849. The van der Waals surface area contributed by atoms with Gasteiger partial charge in [-0.3, -0.25) is 0 Å². The highest BCUT2D eigenvalue weighted by Gasteiger charge is 2.30. The van der Waals surface area contributed by atoms with Gasteiger partial charge in [-0.25, -0.2) is 21.6 Å². The van der Waals surface area contributed by atoms with E-state index in [1.165, 1.54) is 0 Å². The van der Waals surface area contributed by atoms with Crippen molar-refractivity contribution in [2.24, 2.45) is 0 Å². The van der Waals surface area contributed by atoms with Crippen molar-refractivity contribution in [3.05, 3.63) is 65.5 Å². The normalized spacial score (nSPS) is 11.4. The first-order valence-corrected chi connectivity index (χ1v) is 7.86. The average molecular weight is 340 g/mol. The van der Waals surface area contributed by atoms with E-state index in [4.69, 9.17) is 5.26 Å². The van der Waals surface area contributed by atoms with Crippen molar-refractivity contribution in [1.82, 2.24) is 4.31 Å². The highest BCUT2D eigenvalue weighted by atomic mass is 32.2. The summed E-state index contributed by atoms with van der Waals surface area (Å²) < 4.78 is 65.7. The fourth-order valence-electron chi connectivity index (χ4n) is 1.94. The third-order valence-corrected chi connectivity index (χ3v) is 4.88. The second-order valence-electron chi connectivity index (χ2n) is 4.59. The summed E-state index contributed by atoms with van der Waals surface area (Å²) in [4.78, 5) is -1.01. The number of rotatable bonds is 5. The molecule has 2 aromatic carbocycles. The summed E-state index contributed by atoms with van der Waals surface area (Å²) in [5, 5.41) is 8.81. The minimum Gasteiger partial charge on any atom is -0.207 e. The molecule has 2 rings (SSSR count). The van der Waals surface area contributed by atoms with Crippen LogP contribution < -0.4 is 0 Å². The molecule has 0 N–H and O–H groups in total. The Morgan fingerprint density at radius 2 is 1.65 bits per heavy atom. The minimum atomic E-state index is -4.50. The van der Waals surface area contributed by atoms with E-state index in [2.05, 4.69) is 0 Å². The van der Waals surface area contributed by atoms with Crippen molar-refractivity contribution in [3.8, 4) is 6.07 Å². The van der Waals surface area contributed by atoms with Gasteiger partial charge in [-0.05, 0) is 17.7 Å². The fraction of sp³-hybridized carbons (Fsp3) is 0.133. The highest BCUT2D eigenvalue weighted by molar-refractivity contribution is 7.89. The molecule has 0 fully saturated rings. The largest absolute Gasteiger partial charge is 0.247 e. The first-order valence-electron chi connectivity index (χ1n) is 6.42. The van der Waals surface area contributed by atoms with Gasteiger partial charge in [0.2, 0.25) is 10.0 Å². The Kier molecular flexibility index (Phi) is 5.03. The van der Waals surface area contributed by atoms with Crippen LogP contribution in [-0.2, 0) is 16.6 Å². The Morgan fingerprint density at radius 1 is 1.00 bits per heavy atom. The molecular weight excluding hydrogens is 329 g/mol.